The Morgan fingerprint density at radius 2 is 1.94 bits per heavy atom. The molecule has 35 heavy (non-hydrogen) atoms. The fourth-order valence-electron chi connectivity index (χ4n) is 4.10. The molecule has 0 saturated heterocycles. The van der Waals surface area contributed by atoms with E-state index in [2.05, 4.69) is 15.9 Å². The summed E-state index contributed by atoms with van der Waals surface area (Å²) in [5.41, 5.74) is 3.72. The number of carbonyl (C=O) groups excluding carboxylic acids is 1. The van der Waals surface area contributed by atoms with E-state index in [-0.39, 0.29) is 12.2 Å². The van der Waals surface area contributed by atoms with Crippen LogP contribution in [0.5, 0.6) is 5.75 Å². The number of esters is 1. The summed E-state index contributed by atoms with van der Waals surface area (Å²) < 4.78 is 13.7. The van der Waals surface area contributed by atoms with Crippen molar-refractivity contribution in [3.63, 3.8) is 0 Å². The molecule has 8 heteroatoms. The number of hydrogen-bond donors (Lipinski definition) is 0. The zero-order valence-electron chi connectivity index (χ0n) is 20.1. The number of aromatic nitrogens is 1. The van der Waals surface area contributed by atoms with E-state index < -0.39 is 12.0 Å². The van der Waals surface area contributed by atoms with Crippen LogP contribution in [0, 0.1) is 6.92 Å². The van der Waals surface area contributed by atoms with Gasteiger partial charge in [0.15, 0.2) is 4.80 Å². The van der Waals surface area contributed by atoms with Gasteiger partial charge in [0.2, 0.25) is 0 Å². The average Bonchev–Trinajstić information content (AvgIpc) is 3.14. The average molecular weight is 555 g/mol. The Kier molecular flexibility index (Phi) is 7.72. The molecule has 0 amide bonds. The second kappa shape index (κ2) is 10.7. The first-order valence-electron chi connectivity index (χ1n) is 11.5. The number of carbonyl (C=O) groups is 1. The van der Waals surface area contributed by atoms with E-state index in [4.69, 9.17) is 14.5 Å². The van der Waals surface area contributed by atoms with Crippen LogP contribution in [0.2, 0.25) is 0 Å². The topological polar surface area (TPSA) is 69.9 Å². The SMILES string of the molecule is CCCC1=C(C(=O)OCC)C(c2ccc(OC)c(Br)c2)n2c(s/c(=C\c3ccc(C)cc3)c2=O)=N1. The van der Waals surface area contributed by atoms with Gasteiger partial charge < -0.3 is 9.47 Å². The summed E-state index contributed by atoms with van der Waals surface area (Å²) in [6.45, 7) is 6.07. The molecule has 1 aliphatic rings. The van der Waals surface area contributed by atoms with E-state index in [9.17, 15) is 9.59 Å². The number of methoxy groups -OCH3 is 1. The minimum absolute atomic E-state index is 0.191. The quantitative estimate of drug-likeness (QED) is 0.398. The monoisotopic (exact) mass is 554 g/mol. The summed E-state index contributed by atoms with van der Waals surface area (Å²) in [7, 11) is 1.59. The van der Waals surface area contributed by atoms with Crippen LogP contribution < -0.4 is 19.6 Å². The van der Waals surface area contributed by atoms with Crippen molar-refractivity contribution >= 4 is 39.3 Å². The Labute approximate surface area is 216 Å². The molecule has 0 aliphatic carbocycles. The molecule has 1 unspecified atom stereocenters. The Hall–Kier alpha value is -2.97. The van der Waals surface area contributed by atoms with Crippen LogP contribution in [-0.2, 0) is 9.53 Å². The third-order valence-corrected chi connectivity index (χ3v) is 7.36. The maximum absolute atomic E-state index is 13.7. The molecule has 0 radical (unpaired) electrons. The van der Waals surface area contributed by atoms with E-state index in [1.807, 2.05) is 62.4 Å². The summed E-state index contributed by atoms with van der Waals surface area (Å²) in [5.74, 6) is 0.209. The van der Waals surface area contributed by atoms with E-state index >= 15 is 0 Å². The highest BCUT2D eigenvalue weighted by atomic mass is 79.9. The van der Waals surface area contributed by atoms with Gasteiger partial charge in [0.25, 0.3) is 5.56 Å². The second-order valence-corrected chi connectivity index (χ2v) is 10.1. The fourth-order valence-corrected chi connectivity index (χ4v) is 5.68. The van der Waals surface area contributed by atoms with Crippen molar-refractivity contribution in [3.05, 3.63) is 94.6 Å². The lowest BCUT2D eigenvalue weighted by atomic mass is 9.94. The van der Waals surface area contributed by atoms with Crippen molar-refractivity contribution in [3.8, 4) is 5.75 Å². The third kappa shape index (κ3) is 5.04. The standard InChI is InChI=1S/C27H27BrN2O4S/c1-5-7-20-23(26(32)34-6-2)24(18-12-13-21(33-4)19(28)15-18)30-25(31)22(35-27(30)29-20)14-17-10-8-16(3)9-11-17/h8-15,24H,5-7H2,1-4H3/b22-14-. The Bertz CT molecular complexity index is 1470. The van der Waals surface area contributed by atoms with Crippen LogP contribution in [0.15, 0.2) is 68.0 Å². The Balaban J connectivity index is 2.00. The van der Waals surface area contributed by atoms with Crippen molar-refractivity contribution in [1.82, 2.24) is 4.57 Å². The van der Waals surface area contributed by atoms with E-state index in [0.717, 1.165) is 27.6 Å². The molecule has 182 valence electrons. The largest absolute Gasteiger partial charge is 0.496 e. The van der Waals surface area contributed by atoms with Crippen molar-refractivity contribution in [2.24, 2.45) is 4.99 Å². The first kappa shape index (κ1) is 25.1. The smallest absolute Gasteiger partial charge is 0.338 e. The molecule has 2 heterocycles. The van der Waals surface area contributed by atoms with Gasteiger partial charge in [0.1, 0.15) is 5.75 Å². The van der Waals surface area contributed by atoms with Crippen LogP contribution >= 0.6 is 27.3 Å². The number of thiazole rings is 1. The van der Waals surface area contributed by atoms with Gasteiger partial charge in [-0.3, -0.25) is 9.36 Å². The number of allylic oxidation sites excluding steroid dienone is 1. The minimum Gasteiger partial charge on any atom is -0.496 e. The zero-order valence-corrected chi connectivity index (χ0v) is 22.5. The lowest BCUT2D eigenvalue weighted by Crippen LogP contribution is -2.40. The van der Waals surface area contributed by atoms with Gasteiger partial charge in [-0.25, -0.2) is 9.79 Å². The number of rotatable bonds is 7. The molecule has 0 saturated carbocycles. The van der Waals surface area contributed by atoms with Gasteiger partial charge in [0.05, 0.1) is 40.0 Å². The molecular formula is C27H27BrN2O4S. The molecule has 1 aliphatic heterocycles. The normalized spacial score (nSPS) is 15.6. The van der Waals surface area contributed by atoms with Crippen LogP contribution in [-0.4, -0.2) is 24.3 Å². The first-order chi connectivity index (χ1) is 16.9. The highest BCUT2D eigenvalue weighted by Crippen LogP contribution is 2.36. The molecule has 3 aromatic rings. The number of nitrogens with zero attached hydrogens (tertiary/aromatic N) is 2. The van der Waals surface area contributed by atoms with Gasteiger partial charge >= 0.3 is 5.97 Å². The predicted octanol–water partition coefficient (Wildman–Crippen LogP) is 4.66. The first-order valence-corrected chi connectivity index (χ1v) is 13.1. The van der Waals surface area contributed by atoms with Crippen molar-refractivity contribution in [2.75, 3.05) is 13.7 Å². The molecular weight excluding hydrogens is 528 g/mol. The number of benzene rings is 2. The summed E-state index contributed by atoms with van der Waals surface area (Å²) in [6, 6.07) is 12.9. The lowest BCUT2D eigenvalue weighted by molar-refractivity contribution is -0.139. The number of fused-ring (bicyclic) bond motifs is 1. The van der Waals surface area contributed by atoms with Crippen LogP contribution in [0.25, 0.3) is 6.08 Å². The van der Waals surface area contributed by atoms with Crippen LogP contribution in [0.4, 0.5) is 0 Å². The molecule has 1 aromatic heterocycles. The Morgan fingerprint density at radius 1 is 1.20 bits per heavy atom. The molecule has 1 atom stereocenters. The highest BCUT2D eigenvalue weighted by Gasteiger charge is 2.34. The van der Waals surface area contributed by atoms with Gasteiger partial charge in [-0.05, 0) is 65.5 Å². The third-order valence-electron chi connectivity index (χ3n) is 5.76. The van der Waals surface area contributed by atoms with Crippen molar-refractivity contribution < 1.29 is 14.3 Å². The number of ether oxygens (including phenoxy) is 2. The molecule has 6 nitrogen and oxygen atoms in total. The molecule has 0 spiro atoms. The number of halogens is 1. The molecule has 2 aromatic carbocycles. The maximum atomic E-state index is 13.7. The fraction of sp³-hybridized carbons (Fsp3) is 0.296. The molecule has 0 N–H and O–H groups in total. The second-order valence-electron chi connectivity index (χ2n) is 8.22. The molecule has 0 fully saturated rings. The highest BCUT2D eigenvalue weighted by molar-refractivity contribution is 9.10. The van der Waals surface area contributed by atoms with Crippen molar-refractivity contribution in [1.29, 1.82) is 0 Å². The van der Waals surface area contributed by atoms with Crippen LogP contribution in [0.3, 0.4) is 0 Å². The summed E-state index contributed by atoms with van der Waals surface area (Å²) in [6.07, 6.45) is 3.28. The minimum atomic E-state index is -0.658. The predicted molar refractivity (Wildman–Crippen MR) is 142 cm³/mol. The van der Waals surface area contributed by atoms with Gasteiger partial charge in [-0.2, -0.15) is 0 Å². The van der Waals surface area contributed by atoms with Gasteiger partial charge in [-0.1, -0.05) is 60.6 Å². The van der Waals surface area contributed by atoms with E-state index in [1.165, 1.54) is 11.3 Å². The van der Waals surface area contributed by atoms with E-state index in [1.54, 1.807) is 18.6 Å². The summed E-state index contributed by atoms with van der Waals surface area (Å²) >= 11 is 4.88. The number of aryl methyl sites for hydroxylation is 1. The van der Waals surface area contributed by atoms with E-state index in [0.29, 0.717) is 32.8 Å². The van der Waals surface area contributed by atoms with Gasteiger partial charge in [-0.15, -0.1) is 0 Å². The number of hydrogen-bond acceptors (Lipinski definition) is 6. The molecule has 4 rings (SSSR count). The zero-order chi connectivity index (χ0) is 25.1. The van der Waals surface area contributed by atoms with Crippen LogP contribution in [0.1, 0.15) is 49.4 Å². The summed E-state index contributed by atoms with van der Waals surface area (Å²) in [5, 5.41) is 0. The lowest BCUT2D eigenvalue weighted by Gasteiger charge is -2.26. The van der Waals surface area contributed by atoms with Crippen molar-refractivity contribution in [2.45, 2.75) is 39.7 Å². The molecule has 0 bridgehead atoms. The Morgan fingerprint density at radius 3 is 2.57 bits per heavy atom. The van der Waals surface area contributed by atoms with Gasteiger partial charge in [0, 0.05) is 0 Å². The maximum Gasteiger partial charge on any atom is 0.338 e. The summed E-state index contributed by atoms with van der Waals surface area (Å²) in [4.78, 5) is 32.3.